The molecule has 0 radical (unpaired) electrons. The number of aryl methyl sites for hydroxylation is 1. The number of methoxy groups -OCH3 is 1. The van der Waals surface area contributed by atoms with Crippen LogP contribution in [0.2, 0.25) is 0 Å². The highest BCUT2D eigenvalue weighted by Gasteiger charge is 2.27. The first-order chi connectivity index (χ1) is 9.11. The van der Waals surface area contributed by atoms with Crippen molar-refractivity contribution in [3.8, 4) is 18.1 Å². The fraction of sp³-hybridized carbons (Fsp3) is 0.579. The van der Waals surface area contributed by atoms with Gasteiger partial charge in [0.15, 0.2) is 0 Å². The lowest BCUT2D eigenvalue weighted by Crippen LogP contribution is -2.19. The van der Waals surface area contributed by atoms with E-state index in [1.165, 1.54) is 16.7 Å². The molecule has 0 aliphatic heterocycles. The summed E-state index contributed by atoms with van der Waals surface area (Å²) in [6.45, 7) is 13.3. The highest BCUT2D eigenvalue weighted by molar-refractivity contribution is 5.51. The molecule has 1 rings (SSSR count). The van der Waals surface area contributed by atoms with Crippen LogP contribution in [0.3, 0.4) is 0 Å². The van der Waals surface area contributed by atoms with Crippen molar-refractivity contribution in [1.29, 1.82) is 0 Å². The van der Waals surface area contributed by atoms with Crippen LogP contribution in [0, 0.1) is 12.3 Å². The van der Waals surface area contributed by atoms with Gasteiger partial charge in [-0.3, -0.25) is 0 Å². The highest BCUT2D eigenvalue weighted by Crippen LogP contribution is 2.40. The van der Waals surface area contributed by atoms with Gasteiger partial charge in [0.1, 0.15) is 5.75 Å². The highest BCUT2D eigenvalue weighted by atomic mass is 16.5. The Bertz CT molecular complexity index is 469. The fourth-order valence-corrected chi connectivity index (χ4v) is 2.38. The molecule has 110 valence electrons. The van der Waals surface area contributed by atoms with Crippen molar-refractivity contribution in [3.63, 3.8) is 0 Å². The summed E-state index contributed by atoms with van der Waals surface area (Å²) in [4.78, 5) is 0. The molecule has 0 atom stereocenters. The third kappa shape index (κ3) is 3.79. The van der Waals surface area contributed by atoms with Gasteiger partial charge in [-0.15, -0.1) is 12.3 Å². The van der Waals surface area contributed by atoms with Crippen molar-refractivity contribution in [1.82, 2.24) is 0 Å². The van der Waals surface area contributed by atoms with Crippen molar-refractivity contribution in [2.75, 3.05) is 7.11 Å². The average Bonchev–Trinajstić information content (AvgIpc) is 2.32. The normalized spacial score (nSPS) is 12.1. The molecule has 0 unspecified atom stereocenters. The van der Waals surface area contributed by atoms with Crippen molar-refractivity contribution in [2.24, 2.45) is 0 Å². The molecule has 0 aliphatic carbocycles. The molecule has 0 amide bonds. The molecule has 0 fully saturated rings. The van der Waals surface area contributed by atoms with Gasteiger partial charge in [0.2, 0.25) is 0 Å². The quantitative estimate of drug-likeness (QED) is 0.714. The van der Waals surface area contributed by atoms with Crippen molar-refractivity contribution < 1.29 is 4.74 Å². The van der Waals surface area contributed by atoms with E-state index in [9.17, 15) is 0 Å². The molecule has 20 heavy (non-hydrogen) atoms. The molecule has 0 aromatic heterocycles. The third-order valence-electron chi connectivity index (χ3n) is 3.53. The van der Waals surface area contributed by atoms with Crippen LogP contribution in [0.1, 0.15) is 64.7 Å². The molecule has 0 saturated heterocycles. The third-order valence-corrected chi connectivity index (χ3v) is 3.53. The summed E-state index contributed by atoms with van der Waals surface area (Å²) in [5.74, 6) is 3.75. The van der Waals surface area contributed by atoms with Crippen LogP contribution in [0.15, 0.2) is 12.1 Å². The Labute approximate surface area is 124 Å². The smallest absolute Gasteiger partial charge is 0.126 e. The van der Waals surface area contributed by atoms with Gasteiger partial charge in [0.25, 0.3) is 0 Å². The zero-order valence-electron chi connectivity index (χ0n) is 14.1. The largest absolute Gasteiger partial charge is 0.496 e. The minimum atomic E-state index is 0.0531. The maximum absolute atomic E-state index is 5.75. The first-order valence-electron chi connectivity index (χ1n) is 7.26. The maximum atomic E-state index is 5.75. The molecule has 0 spiro atoms. The molecule has 1 nitrogen and oxygen atoms in total. The summed E-state index contributed by atoms with van der Waals surface area (Å²) in [7, 11) is 1.76. The minimum absolute atomic E-state index is 0.0531. The van der Waals surface area contributed by atoms with Crippen molar-refractivity contribution in [3.05, 3.63) is 28.8 Å². The lowest BCUT2D eigenvalue weighted by atomic mass is 9.78. The Hall–Kier alpha value is -1.42. The second-order valence-electron chi connectivity index (χ2n) is 7.43. The van der Waals surface area contributed by atoms with E-state index in [1.807, 2.05) is 0 Å². The number of benzene rings is 1. The van der Waals surface area contributed by atoms with E-state index < -0.39 is 0 Å². The summed E-state index contributed by atoms with van der Waals surface area (Å²) in [5.41, 5.74) is 3.94. The SMILES string of the molecule is C#CCCc1cc(C(C)(C)C)c(OC)c(C(C)(C)C)c1. The Morgan fingerprint density at radius 3 is 1.75 bits per heavy atom. The topological polar surface area (TPSA) is 9.23 Å². The second-order valence-corrected chi connectivity index (χ2v) is 7.43. The standard InChI is InChI=1S/C19H28O/c1-9-10-11-14-12-15(18(2,3)4)17(20-8)16(13-14)19(5,6)7/h1,12-13H,10-11H2,2-8H3. The van der Waals surface area contributed by atoms with Gasteiger partial charge in [-0.1, -0.05) is 53.7 Å². The summed E-state index contributed by atoms with van der Waals surface area (Å²) >= 11 is 0. The van der Waals surface area contributed by atoms with Gasteiger partial charge in [0, 0.05) is 17.5 Å². The Balaban J connectivity index is 3.53. The summed E-state index contributed by atoms with van der Waals surface area (Å²) in [5, 5.41) is 0. The van der Waals surface area contributed by atoms with Gasteiger partial charge in [-0.2, -0.15) is 0 Å². The van der Waals surface area contributed by atoms with Crippen molar-refractivity contribution in [2.45, 2.75) is 65.2 Å². The summed E-state index contributed by atoms with van der Waals surface area (Å²) < 4.78 is 5.75. The molecule has 0 bridgehead atoms. The van der Waals surface area contributed by atoms with Crippen LogP contribution in [-0.2, 0) is 17.3 Å². The zero-order chi connectivity index (χ0) is 15.6. The summed E-state index contributed by atoms with van der Waals surface area (Å²) in [6.07, 6.45) is 7.11. The first-order valence-corrected chi connectivity index (χ1v) is 7.26. The Morgan fingerprint density at radius 2 is 1.45 bits per heavy atom. The van der Waals surface area contributed by atoms with Gasteiger partial charge < -0.3 is 4.74 Å². The summed E-state index contributed by atoms with van der Waals surface area (Å²) in [6, 6.07) is 4.51. The van der Waals surface area contributed by atoms with Gasteiger partial charge >= 0.3 is 0 Å². The van der Waals surface area contributed by atoms with E-state index in [2.05, 4.69) is 59.6 Å². The number of hydrogen-bond donors (Lipinski definition) is 0. The fourth-order valence-electron chi connectivity index (χ4n) is 2.38. The number of ether oxygens (including phenoxy) is 1. The van der Waals surface area contributed by atoms with E-state index in [4.69, 9.17) is 11.2 Å². The first kappa shape index (κ1) is 16.6. The average molecular weight is 272 g/mol. The second kappa shape index (κ2) is 5.92. The van der Waals surface area contributed by atoms with Gasteiger partial charge in [-0.25, -0.2) is 0 Å². The monoisotopic (exact) mass is 272 g/mol. The molecular weight excluding hydrogens is 244 g/mol. The Morgan fingerprint density at radius 1 is 1.00 bits per heavy atom. The molecule has 0 N–H and O–H groups in total. The minimum Gasteiger partial charge on any atom is -0.496 e. The lowest BCUT2D eigenvalue weighted by Gasteiger charge is -2.30. The lowest BCUT2D eigenvalue weighted by molar-refractivity contribution is 0.381. The maximum Gasteiger partial charge on any atom is 0.126 e. The van der Waals surface area contributed by atoms with Crippen LogP contribution >= 0.6 is 0 Å². The van der Waals surface area contributed by atoms with E-state index in [1.54, 1.807) is 7.11 Å². The molecule has 0 aliphatic rings. The van der Waals surface area contributed by atoms with Crippen LogP contribution in [0.4, 0.5) is 0 Å². The van der Waals surface area contributed by atoms with Crippen LogP contribution in [0.25, 0.3) is 0 Å². The van der Waals surface area contributed by atoms with E-state index in [0.29, 0.717) is 0 Å². The number of hydrogen-bond acceptors (Lipinski definition) is 1. The van der Waals surface area contributed by atoms with E-state index in [0.717, 1.165) is 18.6 Å². The predicted molar refractivity (Wildman–Crippen MR) is 87.5 cm³/mol. The van der Waals surface area contributed by atoms with Gasteiger partial charge in [-0.05, 0) is 22.8 Å². The Kier molecular flexibility index (Phi) is 4.92. The molecule has 1 heteroatoms. The van der Waals surface area contributed by atoms with Crippen LogP contribution in [-0.4, -0.2) is 7.11 Å². The van der Waals surface area contributed by atoms with E-state index >= 15 is 0 Å². The number of terminal acetylenes is 1. The molecule has 0 saturated carbocycles. The number of rotatable bonds is 3. The zero-order valence-corrected chi connectivity index (χ0v) is 14.1. The molecule has 1 aromatic carbocycles. The molecule has 1 aromatic rings. The van der Waals surface area contributed by atoms with Crippen LogP contribution < -0.4 is 4.74 Å². The van der Waals surface area contributed by atoms with E-state index in [-0.39, 0.29) is 10.8 Å². The molecular formula is C19H28O. The van der Waals surface area contributed by atoms with Crippen molar-refractivity contribution >= 4 is 0 Å². The predicted octanol–water partition coefficient (Wildman–Crippen LogP) is 4.86. The van der Waals surface area contributed by atoms with Crippen LogP contribution in [0.5, 0.6) is 5.75 Å². The van der Waals surface area contributed by atoms with Gasteiger partial charge in [0.05, 0.1) is 7.11 Å². The molecule has 0 heterocycles.